The van der Waals surface area contributed by atoms with Gasteiger partial charge in [-0.2, -0.15) is 0 Å². The number of piperidine rings is 1. The zero-order valence-electron chi connectivity index (χ0n) is 13.3. The van der Waals surface area contributed by atoms with Gasteiger partial charge in [-0.15, -0.1) is 0 Å². The Balaban J connectivity index is 2.14. The molecule has 22 heavy (non-hydrogen) atoms. The Morgan fingerprint density at radius 2 is 1.95 bits per heavy atom. The molecule has 5 nitrogen and oxygen atoms in total. The van der Waals surface area contributed by atoms with Crippen LogP contribution in [0.5, 0.6) is 0 Å². The molecule has 1 saturated heterocycles. The summed E-state index contributed by atoms with van der Waals surface area (Å²) in [6, 6.07) is 5.41. The summed E-state index contributed by atoms with van der Waals surface area (Å²) >= 11 is 0. The van der Waals surface area contributed by atoms with Crippen molar-refractivity contribution >= 4 is 23.3 Å². The van der Waals surface area contributed by atoms with Crippen molar-refractivity contribution in [3.63, 3.8) is 0 Å². The number of ketones is 1. The molecule has 2 rings (SSSR count). The van der Waals surface area contributed by atoms with Crippen LogP contribution in [0, 0.1) is 12.8 Å². The van der Waals surface area contributed by atoms with Gasteiger partial charge in [0.2, 0.25) is 11.8 Å². The van der Waals surface area contributed by atoms with Gasteiger partial charge in [0.25, 0.3) is 0 Å². The fourth-order valence-corrected chi connectivity index (χ4v) is 2.95. The predicted molar refractivity (Wildman–Crippen MR) is 84.8 cm³/mol. The lowest BCUT2D eigenvalue weighted by molar-refractivity contribution is -0.132. The van der Waals surface area contributed by atoms with Crippen LogP contribution < -0.4 is 5.32 Å². The quantitative estimate of drug-likeness (QED) is 0.872. The van der Waals surface area contributed by atoms with Crippen LogP contribution in [0.25, 0.3) is 0 Å². The number of nitrogens with one attached hydrogen (secondary N) is 1. The van der Waals surface area contributed by atoms with E-state index in [9.17, 15) is 14.4 Å². The van der Waals surface area contributed by atoms with Crippen LogP contribution in [-0.4, -0.2) is 35.6 Å². The minimum Gasteiger partial charge on any atom is -0.342 e. The topological polar surface area (TPSA) is 66.5 Å². The lowest BCUT2D eigenvalue weighted by Crippen LogP contribution is -2.42. The van der Waals surface area contributed by atoms with Gasteiger partial charge < -0.3 is 10.2 Å². The van der Waals surface area contributed by atoms with Crippen molar-refractivity contribution in [3.05, 3.63) is 29.3 Å². The van der Waals surface area contributed by atoms with Gasteiger partial charge in [-0.05, 0) is 38.3 Å². The normalized spacial score (nSPS) is 18.0. The van der Waals surface area contributed by atoms with E-state index in [4.69, 9.17) is 0 Å². The number of rotatable bonds is 3. The molecule has 0 spiro atoms. The Bertz CT molecular complexity index is 610. The summed E-state index contributed by atoms with van der Waals surface area (Å²) in [5.41, 5.74) is 1.95. The van der Waals surface area contributed by atoms with E-state index in [1.807, 2.05) is 19.1 Å². The van der Waals surface area contributed by atoms with Crippen LogP contribution >= 0.6 is 0 Å². The molecule has 1 aliphatic heterocycles. The van der Waals surface area contributed by atoms with Crippen LogP contribution in [0.3, 0.4) is 0 Å². The molecule has 0 bridgehead atoms. The molecular weight excluding hydrogens is 280 g/mol. The number of carbonyl (C=O) groups is 3. The van der Waals surface area contributed by atoms with Gasteiger partial charge in [0.1, 0.15) is 0 Å². The summed E-state index contributed by atoms with van der Waals surface area (Å²) in [6.07, 6.45) is 1.59. The first-order valence-corrected chi connectivity index (χ1v) is 7.57. The van der Waals surface area contributed by atoms with Gasteiger partial charge in [0, 0.05) is 25.6 Å². The Morgan fingerprint density at radius 3 is 2.59 bits per heavy atom. The molecule has 1 N–H and O–H groups in total. The van der Waals surface area contributed by atoms with Crippen LogP contribution in [-0.2, 0) is 9.59 Å². The number of carbonyl (C=O) groups excluding carboxylic acids is 3. The summed E-state index contributed by atoms with van der Waals surface area (Å²) in [5.74, 6) is -0.420. The minimum absolute atomic E-state index is 0.00233. The van der Waals surface area contributed by atoms with E-state index in [0.29, 0.717) is 24.3 Å². The van der Waals surface area contributed by atoms with E-state index in [1.54, 1.807) is 11.0 Å². The predicted octanol–water partition coefficient (Wildman–Crippen LogP) is 2.39. The first-order valence-electron chi connectivity index (χ1n) is 7.57. The molecule has 1 unspecified atom stereocenters. The van der Waals surface area contributed by atoms with E-state index in [1.165, 1.54) is 13.8 Å². The van der Waals surface area contributed by atoms with Crippen molar-refractivity contribution in [1.29, 1.82) is 0 Å². The number of hydrogen-bond donors (Lipinski definition) is 1. The number of anilines is 1. The zero-order chi connectivity index (χ0) is 16.3. The largest absolute Gasteiger partial charge is 0.342 e. The van der Waals surface area contributed by atoms with Crippen molar-refractivity contribution < 1.29 is 14.4 Å². The third kappa shape index (κ3) is 3.53. The van der Waals surface area contributed by atoms with Gasteiger partial charge in [0.05, 0.1) is 11.6 Å². The summed E-state index contributed by atoms with van der Waals surface area (Å²) in [6.45, 7) is 6.03. The van der Waals surface area contributed by atoms with Crippen molar-refractivity contribution in [2.45, 2.75) is 33.6 Å². The molecule has 0 saturated carbocycles. The highest BCUT2D eigenvalue weighted by Crippen LogP contribution is 2.23. The fourth-order valence-electron chi connectivity index (χ4n) is 2.95. The standard InChI is InChI=1S/C17H22N2O3/c1-11-6-4-8-15(16(11)12(2)20)18-17(22)14-7-5-9-19(10-14)13(3)21/h4,6,8,14H,5,7,9-10H2,1-3H3,(H,18,22). The second-order valence-corrected chi connectivity index (χ2v) is 5.85. The smallest absolute Gasteiger partial charge is 0.229 e. The molecule has 5 heteroatoms. The number of likely N-dealkylation sites (tertiary alicyclic amines) is 1. The van der Waals surface area contributed by atoms with Crippen molar-refractivity contribution in [2.24, 2.45) is 5.92 Å². The molecule has 0 aromatic heterocycles. The zero-order valence-corrected chi connectivity index (χ0v) is 13.3. The van der Waals surface area contributed by atoms with E-state index in [2.05, 4.69) is 5.32 Å². The Labute approximate surface area is 130 Å². The molecule has 2 amide bonds. The van der Waals surface area contributed by atoms with Gasteiger partial charge in [-0.1, -0.05) is 12.1 Å². The van der Waals surface area contributed by atoms with E-state index < -0.39 is 0 Å². The molecule has 1 fully saturated rings. The van der Waals surface area contributed by atoms with E-state index >= 15 is 0 Å². The average Bonchev–Trinajstić information content (AvgIpc) is 2.47. The maximum atomic E-state index is 12.5. The number of hydrogen-bond acceptors (Lipinski definition) is 3. The highest BCUT2D eigenvalue weighted by molar-refractivity contribution is 6.05. The molecule has 1 aromatic rings. The number of benzene rings is 1. The van der Waals surface area contributed by atoms with Gasteiger partial charge >= 0.3 is 0 Å². The average molecular weight is 302 g/mol. The maximum Gasteiger partial charge on any atom is 0.229 e. The second kappa shape index (κ2) is 6.73. The molecule has 0 radical (unpaired) electrons. The number of amides is 2. The summed E-state index contributed by atoms with van der Waals surface area (Å²) in [7, 11) is 0. The van der Waals surface area contributed by atoms with E-state index in [0.717, 1.165) is 18.4 Å². The fraction of sp³-hybridized carbons (Fsp3) is 0.471. The van der Waals surface area contributed by atoms with E-state index in [-0.39, 0.29) is 23.5 Å². The number of Topliss-reactive ketones (excluding diaryl/α,β-unsaturated/α-hetero) is 1. The van der Waals surface area contributed by atoms with Gasteiger partial charge in [-0.3, -0.25) is 14.4 Å². The monoisotopic (exact) mass is 302 g/mol. The highest BCUT2D eigenvalue weighted by atomic mass is 16.2. The third-order valence-electron chi connectivity index (χ3n) is 4.12. The molecule has 1 aromatic carbocycles. The molecule has 0 aliphatic carbocycles. The SMILES string of the molecule is CC(=O)c1c(C)cccc1NC(=O)C1CCCN(C(C)=O)C1. The van der Waals surface area contributed by atoms with Crippen LogP contribution in [0.1, 0.15) is 42.6 Å². The Hall–Kier alpha value is -2.17. The Morgan fingerprint density at radius 1 is 1.23 bits per heavy atom. The first kappa shape index (κ1) is 16.2. The number of aryl methyl sites for hydroxylation is 1. The van der Waals surface area contributed by atoms with Gasteiger partial charge in [0.15, 0.2) is 5.78 Å². The van der Waals surface area contributed by atoms with Crippen molar-refractivity contribution in [2.75, 3.05) is 18.4 Å². The van der Waals surface area contributed by atoms with Crippen LogP contribution in [0.15, 0.2) is 18.2 Å². The minimum atomic E-state index is -0.224. The summed E-state index contributed by atoms with van der Waals surface area (Å²) < 4.78 is 0. The highest BCUT2D eigenvalue weighted by Gasteiger charge is 2.27. The molecular formula is C17H22N2O3. The summed E-state index contributed by atoms with van der Waals surface area (Å²) in [5, 5.41) is 2.86. The molecule has 1 heterocycles. The summed E-state index contributed by atoms with van der Waals surface area (Å²) in [4.78, 5) is 37.4. The van der Waals surface area contributed by atoms with Crippen LogP contribution in [0.4, 0.5) is 5.69 Å². The lowest BCUT2D eigenvalue weighted by atomic mass is 9.96. The lowest BCUT2D eigenvalue weighted by Gasteiger charge is -2.31. The van der Waals surface area contributed by atoms with Crippen LogP contribution in [0.2, 0.25) is 0 Å². The van der Waals surface area contributed by atoms with Crippen molar-refractivity contribution in [1.82, 2.24) is 4.90 Å². The molecule has 1 aliphatic rings. The van der Waals surface area contributed by atoms with Gasteiger partial charge in [-0.25, -0.2) is 0 Å². The van der Waals surface area contributed by atoms with Crippen molar-refractivity contribution in [3.8, 4) is 0 Å². The first-order chi connectivity index (χ1) is 10.4. The third-order valence-corrected chi connectivity index (χ3v) is 4.12. The number of nitrogens with zero attached hydrogens (tertiary/aromatic N) is 1. The maximum absolute atomic E-state index is 12.5. The molecule has 1 atom stereocenters. The molecule has 118 valence electrons. The Kier molecular flexibility index (Phi) is 4.96. The second-order valence-electron chi connectivity index (χ2n) is 5.85.